The highest BCUT2D eigenvalue weighted by Crippen LogP contribution is 2.50. The Morgan fingerprint density at radius 2 is 0.835 bits per heavy atom. The van der Waals surface area contributed by atoms with Crippen LogP contribution in [0.2, 0.25) is 13.1 Å². The van der Waals surface area contributed by atoms with Crippen LogP contribution in [-0.2, 0) is 0 Å². The van der Waals surface area contributed by atoms with Crippen molar-refractivity contribution in [3.8, 4) is 23.0 Å². The van der Waals surface area contributed by atoms with Crippen LogP contribution in [0, 0.1) is 0 Å². The Labute approximate surface area is 533 Å². The topological polar surface area (TPSA) is 34.7 Å². The fourth-order valence-corrected chi connectivity index (χ4v) is 18.0. The number of para-hydroxylation sites is 8. The standard InChI is InChI=1S/C81H61B2N5O2Si/c1-5-6-13-30-55(2)84(56-31-14-7-15-32-56)63-49-76-81-77(50-63)90-75-54-71-79(91(3,4)78-46-29-28-45-69(78)87(71)60-39-22-11-23-40-60)52-67(75)83(81)66-51-65-70(53-74(66)89-76)88(61-41-24-12-25-42-61)73-48-62(85(57-33-16-8-17-34-57)58-35-18-9-19-36-58)47-72-80(73)82(65)64-43-26-27-44-68(64)86(72)59-37-20-10-21-38-59/h5-54H,1H2,2-4H3/b13-6-,55-30+. The zero-order chi connectivity index (χ0) is 60.9. The molecular weight excluding hydrogens is 1120 g/mol. The number of fused-ring (bicyclic) bond motifs is 10. The lowest BCUT2D eigenvalue weighted by molar-refractivity contribution is 0.465. The molecule has 12 aromatic rings. The minimum absolute atomic E-state index is 0.185. The third-order valence-electron chi connectivity index (χ3n) is 18.9. The molecule has 10 heteroatoms. The summed E-state index contributed by atoms with van der Waals surface area (Å²) in [6, 6.07) is 102. The molecule has 5 heterocycles. The van der Waals surface area contributed by atoms with Gasteiger partial charge in [-0.3, -0.25) is 0 Å². The number of nitrogens with zero attached hydrogens (tertiary/aromatic N) is 5. The summed E-state index contributed by atoms with van der Waals surface area (Å²) in [5, 5.41) is 2.76. The normalized spacial score (nSPS) is 14.1. The Hall–Kier alpha value is -11.2. The van der Waals surface area contributed by atoms with Crippen molar-refractivity contribution in [3.63, 3.8) is 0 Å². The van der Waals surface area contributed by atoms with Crippen LogP contribution < -0.4 is 77.1 Å². The SMILES string of the molecule is C=C/C=C\C=C(/C)N(c1ccccc1)c1cc2c3c(c1)Oc1cc4c(cc1B3c1cc3c(cc1O2)N(c1ccccc1)c1cc(N(c2ccccc2)c2ccccc2)cc2c1B3c1ccccc1N2c1ccccc1)[Si](C)(C)c1ccccc1N4c1ccccc1. The number of ether oxygens (including phenoxy) is 2. The van der Waals surface area contributed by atoms with Gasteiger partial charge in [-0.2, -0.15) is 0 Å². The summed E-state index contributed by atoms with van der Waals surface area (Å²) < 4.78 is 15.3. The summed E-state index contributed by atoms with van der Waals surface area (Å²) in [5.41, 5.74) is 23.0. The monoisotopic (exact) mass is 1190 g/mol. The van der Waals surface area contributed by atoms with Crippen LogP contribution in [0.4, 0.5) is 79.6 Å². The predicted molar refractivity (Wildman–Crippen MR) is 386 cm³/mol. The molecule has 5 aliphatic rings. The lowest BCUT2D eigenvalue weighted by atomic mass is 9.31. The van der Waals surface area contributed by atoms with Crippen LogP contribution in [-0.4, -0.2) is 21.5 Å². The quantitative estimate of drug-likeness (QED) is 0.0943. The van der Waals surface area contributed by atoms with Gasteiger partial charge in [0.05, 0.1) is 11.4 Å². The Morgan fingerprint density at radius 3 is 1.41 bits per heavy atom. The van der Waals surface area contributed by atoms with E-state index in [9.17, 15) is 0 Å². The Bertz CT molecular complexity index is 4900. The number of allylic oxidation sites excluding steroid dienone is 5. The van der Waals surface area contributed by atoms with Crippen molar-refractivity contribution in [3.05, 3.63) is 316 Å². The van der Waals surface area contributed by atoms with Gasteiger partial charge in [0, 0.05) is 104 Å². The van der Waals surface area contributed by atoms with Crippen LogP contribution in [0.15, 0.2) is 316 Å². The van der Waals surface area contributed by atoms with E-state index in [1.165, 1.54) is 32.4 Å². The molecule has 91 heavy (non-hydrogen) atoms. The van der Waals surface area contributed by atoms with E-state index < -0.39 is 8.07 Å². The van der Waals surface area contributed by atoms with Crippen molar-refractivity contribution in [1.82, 2.24) is 0 Å². The fourth-order valence-electron chi connectivity index (χ4n) is 15.0. The van der Waals surface area contributed by atoms with Crippen molar-refractivity contribution >= 4 is 144 Å². The molecule has 0 unspecified atom stereocenters. The first-order valence-electron chi connectivity index (χ1n) is 31.3. The Morgan fingerprint density at radius 1 is 0.374 bits per heavy atom. The summed E-state index contributed by atoms with van der Waals surface area (Å²) in [7, 11) is -2.40. The molecule has 0 N–H and O–H groups in total. The third kappa shape index (κ3) is 8.65. The highest BCUT2D eigenvalue weighted by molar-refractivity contribution is 7.04. The lowest BCUT2D eigenvalue weighted by Gasteiger charge is -2.46. The molecule has 0 aromatic heterocycles. The van der Waals surface area contributed by atoms with E-state index in [-0.39, 0.29) is 13.4 Å². The Balaban J connectivity index is 0.950. The number of anilines is 14. The zero-order valence-electron chi connectivity index (χ0n) is 50.8. The van der Waals surface area contributed by atoms with Gasteiger partial charge in [0.1, 0.15) is 31.1 Å². The molecule has 17 rings (SSSR count). The second-order valence-corrected chi connectivity index (χ2v) is 28.8. The first kappa shape index (κ1) is 54.0. The average Bonchev–Trinajstić information content (AvgIpc) is 0.702. The van der Waals surface area contributed by atoms with E-state index in [2.05, 4.69) is 336 Å². The molecule has 0 spiro atoms. The minimum Gasteiger partial charge on any atom is -0.458 e. The molecule has 0 fully saturated rings. The highest BCUT2D eigenvalue weighted by Gasteiger charge is 2.49. The molecule has 0 atom stereocenters. The summed E-state index contributed by atoms with van der Waals surface area (Å²) in [4.78, 5) is 12.1. The molecule has 0 amide bonds. The molecule has 0 saturated heterocycles. The summed E-state index contributed by atoms with van der Waals surface area (Å²) >= 11 is 0. The van der Waals surface area contributed by atoms with Crippen LogP contribution in [0.1, 0.15) is 6.92 Å². The first-order chi connectivity index (χ1) is 44.8. The Kier molecular flexibility index (Phi) is 12.8. The molecule has 0 saturated carbocycles. The molecule has 7 nitrogen and oxygen atoms in total. The van der Waals surface area contributed by atoms with Crippen molar-refractivity contribution in [2.75, 3.05) is 24.5 Å². The van der Waals surface area contributed by atoms with Gasteiger partial charge in [0.2, 0.25) is 0 Å². The molecule has 0 bridgehead atoms. The maximum atomic E-state index is 7.69. The van der Waals surface area contributed by atoms with E-state index in [0.717, 1.165) is 119 Å². The number of hydrogen-bond acceptors (Lipinski definition) is 7. The molecule has 432 valence electrons. The third-order valence-corrected chi connectivity index (χ3v) is 22.4. The van der Waals surface area contributed by atoms with E-state index in [1.54, 1.807) is 6.08 Å². The van der Waals surface area contributed by atoms with Crippen LogP contribution in [0.3, 0.4) is 0 Å². The largest absolute Gasteiger partial charge is 0.458 e. The second-order valence-electron chi connectivity index (χ2n) is 24.5. The predicted octanol–water partition coefficient (Wildman–Crippen LogP) is 16.4. The van der Waals surface area contributed by atoms with E-state index in [1.807, 2.05) is 12.2 Å². The lowest BCUT2D eigenvalue weighted by Crippen LogP contribution is -2.65. The number of rotatable bonds is 11. The second kappa shape index (κ2) is 21.5. The molecule has 0 radical (unpaired) electrons. The number of benzene rings is 12. The summed E-state index contributed by atoms with van der Waals surface area (Å²) in [6.07, 6.45) is 7.93. The smallest absolute Gasteiger partial charge is 0.260 e. The highest BCUT2D eigenvalue weighted by atomic mass is 28.3. The van der Waals surface area contributed by atoms with Crippen LogP contribution >= 0.6 is 0 Å². The maximum Gasteiger partial charge on any atom is 0.260 e. The van der Waals surface area contributed by atoms with E-state index in [0.29, 0.717) is 0 Å². The van der Waals surface area contributed by atoms with Gasteiger partial charge >= 0.3 is 0 Å². The number of hydrogen-bond donors (Lipinski definition) is 0. The molecule has 0 aliphatic carbocycles. The summed E-state index contributed by atoms with van der Waals surface area (Å²) in [6.45, 7) is 10.7. The fraction of sp³-hybridized carbons (Fsp3) is 0.0370. The van der Waals surface area contributed by atoms with Gasteiger partial charge in [-0.25, -0.2) is 0 Å². The van der Waals surface area contributed by atoms with E-state index >= 15 is 0 Å². The average molecular weight is 1190 g/mol. The first-order valence-corrected chi connectivity index (χ1v) is 34.3. The van der Waals surface area contributed by atoms with E-state index in [4.69, 9.17) is 9.47 Å². The van der Waals surface area contributed by atoms with Crippen LogP contribution in [0.5, 0.6) is 23.0 Å². The van der Waals surface area contributed by atoms with Crippen molar-refractivity contribution in [2.45, 2.75) is 20.0 Å². The van der Waals surface area contributed by atoms with Crippen molar-refractivity contribution in [1.29, 1.82) is 0 Å². The van der Waals surface area contributed by atoms with Gasteiger partial charge < -0.3 is 34.0 Å². The van der Waals surface area contributed by atoms with Gasteiger partial charge in [-0.05, 0) is 148 Å². The molecule has 5 aliphatic heterocycles. The van der Waals surface area contributed by atoms with Crippen molar-refractivity contribution < 1.29 is 9.47 Å². The summed E-state index contributed by atoms with van der Waals surface area (Å²) in [5.74, 6) is 3.15. The van der Waals surface area contributed by atoms with Crippen LogP contribution in [0.25, 0.3) is 0 Å². The van der Waals surface area contributed by atoms with Gasteiger partial charge in [0.25, 0.3) is 13.4 Å². The molecular formula is C81H61B2N5O2Si. The van der Waals surface area contributed by atoms with Crippen molar-refractivity contribution in [2.24, 2.45) is 0 Å². The van der Waals surface area contributed by atoms with Gasteiger partial charge in [0.15, 0.2) is 0 Å². The van der Waals surface area contributed by atoms with Gasteiger partial charge in [-0.1, -0.05) is 196 Å². The maximum absolute atomic E-state index is 7.69. The van der Waals surface area contributed by atoms with Gasteiger partial charge in [-0.15, -0.1) is 0 Å². The minimum atomic E-state index is -2.40. The zero-order valence-corrected chi connectivity index (χ0v) is 51.8. The molecule has 12 aromatic carbocycles.